The van der Waals surface area contributed by atoms with Gasteiger partial charge >= 0.3 is 12.4 Å². The Morgan fingerprint density at radius 1 is 1.16 bits per heavy atom. The van der Waals surface area contributed by atoms with E-state index in [4.69, 9.17) is 28.0 Å². The number of alkyl halides is 6. The van der Waals surface area contributed by atoms with Gasteiger partial charge in [0.25, 0.3) is 11.8 Å². The van der Waals surface area contributed by atoms with E-state index >= 15 is 0 Å². The molecular formula is C23H17Cl2F6N3O3S. The lowest BCUT2D eigenvalue weighted by Crippen LogP contribution is -2.44. The second-order valence-electron chi connectivity index (χ2n) is 8.63. The topological polar surface area (TPSA) is 71.0 Å². The second kappa shape index (κ2) is 10.2. The minimum Gasteiger partial charge on any atom is -0.338 e. The second-order valence-corrected chi connectivity index (χ2v) is 10.6. The largest absolute Gasteiger partial charge is 0.409 e. The summed E-state index contributed by atoms with van der Waals surface area (Å²) in [6, 6.07) is 6.59. The van der Waals surface area contributed by atoms with Crippen molar-refractivity contribution in [1.29, 1.82) is 0 Å². The Morgan fingerprint density at radius 3 is 2.39 bits per heavy atom. The number of nitrogens with one attached hydrogen (secondary N) is 1. The quantitative estimate of drug-likeness (QED) is 0.336. The van der Waals surface area contributed by atoms with Gasteiger partial charge in [-0.15, -0.1) is 0 Å². The Labute approximate surface area is 226 Å². The molecule has 38 heavy (non-hydrogen) atoms. The minimum absolute atomic E-state index is 0.0454. The van der Waals surface area contributed by atoms with Crippen LogP contribution in [0.15, 0.2) is 40.8 Å². The summed E-state index contributed by atoms with van der Waals surface area (Å²) in [5.74, 6) is -1.81. The molecule has 2 aliphatic heterocycles. The fourth-order valence-electron chi connectivity index (χ4n) is 4.04. The van der Waals surface area contributed by atoms with E-state index in [-0.39, 0.29) is 31.9 Å². The summed E-state index contributed by atoms with van der Waals surface area (Å²) in [5.41, 5.74) is 0.734. The summed E-state index contributed by atoms with van der Waals surface area (Å²) in [6.45, 7) is -0.566. The van der Waals surface area contributed by atoms with E-state index in [0.29, 0.717) is 23.1 Å². The molecule has 6 nitrogen and oxygen atoms in total. The Hall–Kier alpha value is -2.48. The van der Waals surface area contributed by atoms with Gasteiger partial charge in [-0.05, 0) is 65.9 Å². The van der Waals surface area contributed by atoms with Crippen molar-refractivity contribution in [3.8, 4) is 0 Å². The van der Waals surface area contributed by atoms with Crippen LogP contribution in [0, 0.1) is 6.92 Å². The zero-order valence-corrected chi connectivity index (χ0v) is 21.5. The summed E-state index contributed by atoms with van der Waals surface area (Å²) < 4.78 is 82.2. The third-order valence-electron chi connectivity index (χ3n) is 5.89. The number of hydrogen-bond acceptors (Lipinski definition) is 5. The number of nitrogens with zero attached hydrogens (tertiary/aromatic N) is 2. The average Bonchev–Trinajstić information content (AvgIpc) is 3.38. The number of benzene rings is 2. The number of rotatable bonds is 5. The fraction of sp³-hybridized carbons (Fsp3) is 0.348. The van der Waals surface area contributed by atoms with E-state index in [1.165, 1.54) is 43.3 Å². The van der Waals surface area contributed by atoms with Crippen LogP contribution in [0.2, 0.25) is 10.0 Å². The van der Waals surface area contributed by atoms with Crippen LogP contribution in [-0.4, -0.2) is 54.1 Å². The predicted octanol–water partition coefficient (Wildman–Crippen LogP) is 6.04. The third-order valence-corrected chi connectivity index (χ3v) is 7.56. The fourth-order valence-corrected chi connectivity index (χ4v) is 5.53. The maximum Gasteiger partial charge on any atom is 0.409 e. The summed E-state index contributed by atoms with van der Waals surface area (Å²) in [4.78, 5) is 29.6. The highest BCUT2D eigenvalue weighted by Gasteiger charge is 2.60. The first-order valence-electron chi connectivity index (χ1n) is 10.8. The minimum atomic E-state index is -4.71. The first kappa shape index (κ1) is 28.5. The molecule has 0 saturated carbocycles. The predicted molar refractivity (Wildman–Crippen MR) is 129 cm³/mol. The number of hydroxylamine groups is 2. The van der Waals surface area contributed by atoms with Crippen LogP contribution < -0.4 is 5.32 Å². The normalized spacial score (nSPS) is 22.1. The van der Waals surface area contributed by atoms with E-state index in [2.05, 4.69) is 9.71 Å². The number of amides is 2. The molecule has 2 amide bonds. The van der Waals surface area contributed by atoms with Crippen molar-refractivity contribution >= 4 is 52.7 Å². The first-order valence-corrected chi connectivity index (χ1v) is 12.3. The SMILES string of the molecule is Cc1cc(C2=NS[C@@](c3cc(Cl)cc(Cl)c3)(C(F)(F)F)C2)ccc1C(=O)N[C@@H]1CON(CC(F)(F)F)C1=O. The van der Waals surface area contributed by atoms with Crippen molar-refractivity contribution in [3.05, 3.63) is 68.7 Å². The molecule has 0 spiro atoms. The van der Waals surface area contributed by atoms with Gasteiger partial charge in [-0.2, -0.15) is 26.3 Å². The molecule has 2 heterocycles. The van der Waals surface area contributed by atoms with Gasteiger partial charge in [-0.25, -0.2) is 9.46 Å². The molecule has 0 unspecified atom stereocenters. The van der Waals surface area contributed by atoms with Crippen LogP contribution in [0.25, 0.3) is 0 Å². The van der Waals surface area contributed by atoms with Crippen LogP contribution >= 0.6 is 35.1 Å². The van der Waals surface area contributed by atoms with Crippen LogP contribution in [0.4, 0.5) is 26.3 Å². The van der Waals surface area contributed by atoms with Gasteiger partial charge in [0.2, 0.25) is 0 Å². The van der Waals surface area contributed by atoms with Crippen LogP contribution in [-0.2, 0) is 14.4 Å². The highest BCUT2D eigenvalue weighted by molar-refractivity contribution is 7.99. The van der Waals surface area contributed by atoms with Crippen molar-refractivity contribution in [2.24, 2.45) is 4.40 Å². The molecule has 2 atom stereocenters. The van der Waals surface area contributed by atoms with Crippen molar-refractivity contribution in [2.75, 3.05) is 13.2 Å². The lowest BCUT2D eigenvalue weighted by atomic mass is 9.89. The van der Waals surface area contributed by atoms with Crippen molar-refractivity contribution < 1.29 is 40.8 Å². The van der Waals surface area contributed by atoms with Gasteiger partial charge in [0, 0.05) is 22.0 Å². The van der Waals surface area contributed by atoms with E-state index in [1.54, 1.807) is 0 Å². The van der Waals surface area contributed by atoms with Gasteiger partial charge in [0.05, 0.1) is 5.71 Å². The number of aryl methyl sites for hydroxylation is 1. The van der Waals surface area contributed by atoms with E-state index in [9.17, 15) is 35.9 Å². The molecule has 1 saturated heterocycles. The summed E-state index contributed by atoms with van der Waals surface area (Å²) >= 11 is 12.2. The summed E-state index contributed by atoms with van der Waals surface area (Å²) in [5, 5.41) is 2.55. The Kier molecular flexibility index (Phi) is 7.69. The molecule has 0 bridgehead atoms. The number of hydrogen-bond donors (Lipinski definition) is 1. The zero-order chi connectivity index (χ0) is 28.0. The zero-order valence-electron chi connectivity index (χ0n) is 19.2. The first-order chi connectivity index (χ1) is 17.6. The van der Waals surface area contributed by atoms with Crippen LogP contribution in [0.5, 0.6) is 0 Å². The molecule has 0 aliphatic carbocycles. The van der Waals surface area contributed by atoms with Gasteiger partial charge in [0.15, 0.2) is 4.75 Å². The Bertz CT molecular complexity index is 1300. The summed E-state index contributed by atoms with van der Waals surface area (Å²) in [6.07, 6.45) is -9.90. The molecule has 2 aromatic carbocycles. The molecular weight excluding hydrogens is 583 g/mol. The van der Waals surface area contributed by atoms with E-state index in [1.807, 2.05) is 0 Å². The monoisotopic (exact) mass is 599 g/mol. The van der Waals surface area contributed by atoms with E-state index < -0.39 is 54.5 Å². The Balaban J connectivity index is 1.51. The van der Waals surface area contributed by atoms with Gasteiger partial charge in [0.1, 0.15) is 19.2 Å². The van der Waals surface area contributed by atoms with Gasteiger partial charge in [-0.1, -0.05) is 29.3 Å². The molecule has 4 rings (SSSR count). The van der Waals surface area contributed by atoms with E-state index in [0.717, 1.165) is 0 Å². The summed E-state index contributed by atoms with van der Waals surface area (Å²) in [7, 11) is 0. The molecule has 2 aliphatic rings. The maximum absolute atomic E-state index is 14.3. The number of carbonyl (C=O) groups is 2. The molecule has 0 aromatic heterocycles. The highest BCUT2D eigenvalue weighted by atomic mass is 35.5. The molecule has 1 fully saturated rings. The molecule has 204 valence electrons. The Morgan fingerprint density at radius 2 is 1.82 bits per heavy atom. The molecule has 2 aromatic rings. The highest BCUT2D eigenvalue weighted by Crippen LogP contribution is 2.57. The lowest BCUT2D eigenvalue weighted by Gasteiger charge is -2.30. The van der Waals surface area contributed by atoms with Gasteiger partial charge in [-0.3, -0.25) is 14.4 Å². The molecule has 1 N–H and O–H groups in total. The van der Waals surface area contributed by atoms with Crippen LogP contribution in [0.1, 0.15) is 33.5 Å². The van der Waals surface area contributed by atoms with Gasteiger partial charge < -0.3 is 5.32 Å². The lowest BCUT2D eigenvalue weighted by molar-refractivity contribution is -0.214. The number of halogens is 8. The van der Waals surface area contributed by atoms with Crippen molar-refractivity contribution in [3.63, 3.8) is 0 Å². The molecule has 15 heteroatoms. The molecule has 0 radical (unpaired) electrons. The van der Waals surface area contributed by atoms with Crippen molar-refractivity contribution in [1.82, 2.24) is 10.4 Å². The van der Waals surface area contributed by atoms with Crippen LogP contribution in [0.3, 0.4) is 0 Å². The number of carbonyl (C=O) groups excluding carboxylic acids is 2. The third kappa shape index (κ3) is 5.75. The van der Waals surface area contributed by atoms with Crippen molar-refractivity contribution in [2.45, 2.75) is 36.5 Å². The smallest absolute Gasteiger partial charge is 0.338 e. The standard InChI is InChI=1S/C23H17Cl2F6N3O3S/c1-11-4-12(2-3-16(11)19(35)32-18-9-37-34(20(18)36)10-22(26,27)28)17-8-21(38-33-17,23(29,30)31)13-5-14(24)7-15(25)6-13/h2-7,18H,8-10H2,1H3,(H,32,35)/t18-,21+/m1/s1. The maximum atomic E-state index is 14.3. The average molecular weight is 600 g/mol.